The van der Waals surface area contributed by atoms with Crippen LogP contribution in [0.4, 0.5) is 0 Å². The van der Waals surface area contributed by atoms with Crippen molar-refractivity contribution in [3.8, 4) is 0 Å². The van der Waals surface area contributed by atoms with Gasteiger partial charge in [0.25, 0.3) is 0 Å². The summed E-state index contributed by atoms with van der Waals surface area (Å²) in [6.45, 7) is 6.40. The highest BCUT2D eigenvalue weighted by atomic mass is 16.1. The van der Waals surface area contributed by atoms with E-state index >= 15 is 0 Å². The molecular weight excluding hydrogens is 172 g/mol. The molecule has 0 heterocycles. The number of carbonyl (C=O) groups excluding carboxylic acids is 1. The summed E-state index contributed by atoms with van der Waals surface area (Å²) >= 11 is 0. The Morgan fingerprint density at radius 2 is 2.14 bits per heavy atom. The number of aldehydes is 1. The van der Waals surface area contributed by atoms with Crippen LogP contribution in [0.1, 0.15) is 40.0 Å². The van der Waals surface area contributed by atoms with Gasteiger partial charge in [-0.05, 0) is 46.0 Å². The minimum atomic E-state index is 0.471. The summed E-state index contributed by atoms with van der Waals surface area (Å²) in [5, 5.41) is 0. The van der Waals surface area contributed by atoms with E-state index in [1.165, 1.54) is 11.1 Å². The SMILES string of the molecule is CC(C)=CCCC(C)=CC1C[C]1C=O. The molecule has 0 saturated heterocycles. The fraction of sp³-hybridized carbons (Fsp3) is 0.538. The Hall–Kier alpha value is -0.850. The van der Waals surface area contributed by atoms with Gasteiger partial charge in [-0.15, -0.1) is 0 Å². The molecule has 0 aliphatic heterocycles. The molecule has 1 aliphatic carbocycles. The van der Waals surface area contributed by atoms with Crippen molar-refractivity contribution in [3.63, 3.8) is 0 Å². The molecule has 0 aromatic heterocycles. The molecule has 1 rings (SSSR count). The van der Waals surface area contributed by atoms with Gasteiger partial charge in [0.15, 0.2) is 0 Å². The Morgan fingerprint density at radius 3 is 2.64 bits per heavy atom. The van der Waals surface area contributed by atoms with E-state index in [1.807, 2.05) is 0 Å². The summed E-state index contributed by atoms with van der Waals surface area (Å²) in [6, 6.07) is 0. The monoisotopic (exact) mass is 191 g/mol. The maximum Gasteiger partial charge on any atom is 0.127 e. The van der Waals surface area contributed by atoms with Gasteiger partial charge in [0.05, 0.1) is 0 Å². The number of allylic oxidation sites excluding steroid dienone is 4. The molecule has 0 aromatic carbocycles. The third-order valence-corrected chi connectivity index (χ3v) is 2.50. The van der Waals surface area contributed by atoms with Gasteiger partial charge in [0.2, 0.25) is 0 Å². The molecule has 14 heavy (non-hydrogen) atoms. The second kappa shape index (κ2) is 5.14. The van der Waals surface area contributed by atoms with E-state index in [-0.39, 0.29) is 0 Å². The minimum Gasteiger partial charge on any atom is -0.303 e. The number of rotatable bonds is 5. The largest absolute Gasteiger partial charge is 0.303 e. The molecule has 0 aromatic rings. The topological polar surface area (TPSA) is 17.1 Å². The average Bonchev–Trinajstić information content (AvgIpc) is 2.82. The van der Waals surface area contributed by atoms with Crippen LogP contribution in [0.3, 0.4) is 0 Å². The summed E-state index contributed by atoms with van der Waals surface area (Å²) in [7, 11) is 0. The summed E-state index contributed by atoms with van der Waals surface area (Å²) in [6.07, 6.45) is 8.73. The van der Waals surface area contributed by atoms with Crippen molar-refractivity contribution in [3.05, 3.63) is 29.2 Å². The van der Waals surface area contributed by atoms with E-state index in [0.29, 0.717) is 5.92 Å². The van der Waals surface area contributed by atoms with Crippen molar-refractivity contribution in [1.29, 1.82) is 0 Å². The van der Waals surface area contributed by atoms with Crippen LogP contribution >= 0.6 is 0 Å². The number of carbonyl (C=O) groups is 1. The van der Waals surface area contributed by atoms with Gasteiger partial charge < -0.3 is 4.79 Å². The Balaban J connectivity index is 2.25. The van der Waals surface area contributed by atoms with Crippen LogP contribution in [-0.2, 0) is 4.79 Å². The van der Waals surface area contributed by atoms with E-state index < -0.39 is 0 Å². The molecular formula is C13H19O. The van der Waals surface area contributed by atoms with Crippen LogP contribution in [0.25, 0.3) is 0 Å². The van der Waals surface area contributed by atoms with Crippen molar-refractivity contribution in [2.24, 2.45) is 5.92 Å². The molecule has 0 bridgehead atoms. The average molecular weight is 191 g/mol. The fourth-order valence-corrected chi connectivity index (χ4v) is 1.51. The van der Waals surface area contributed by atoms with Crippen LogP contribution < -0.4 is 0 Å². The van der Waals surface area contributed by atoms with E-state index in [4.69, 9.17) is 0 Å². The highest BCUT2D eigenvalue weighted by Gasteiger charge is 2.35. The first-order valence-corrected chi connectivity index (χ1v) is 5.25. The third kappa shape index (κ3) is 3.91. The summed E-state index contributed by atoms with van der Waals surface area (Å²) < 4.78 is 0. The molecule has 1 unspecified atom stereocenters. The van der Waals surface area contributed by atoms with Crippen molar-refractivity contribution >= 4 is 6.29 Å². The standard InChI is InChI=1S/C13H19O/c1-10(2)5-4-6-11(3)7-12-8-13(12)9-14/h5,7,9,12H,4,6,8H2,1-3H3. The Kier molecular flexibility index (Phi) is 4.12. The molecule has 1 heteroatoms. The molecule has 1 saturated carbocycles. The van der Waals surface area contributed by atoms with E-state index in [1.54, 1.807) is 0 Å². The maximum absolute atomic E-state index is 10.4. The van der Waals surface area contributed by atoms with Crippen molar-refractivity contribution in [2.75, 3.05) is 0 Å². The third-order valence-electron chi connectivity index (χ3n) is 2.50. The highest BCUT2D eigenvalue weighted by molar-refractivity contribution is 5.76. The lowest BCUT2D eigenvalue weighted by Crippen LogP contribution is -1.81. The van der Waals surface area contributed by atoms with Gasteiger partial charge in [-0.2, -0.15) is 0 Å². The molecule has 1 aliphatic rings. The second-order valence-corrected chi connectivity index (χ2v) is 4.34. The first-order valence-electron chi connectivity index (χ1n) is 5.25. The Labute approximate surface area is 86.9 Å². The fourth-order valence-electron chi connectivity index (χ4n) is 1.51. The molecule has 0 amide bonds. The zero-order chi connectivity index (χ0) is 10.6. The van der Waals surface area contributed by atoms with Crippen LogP contribution in [0.5, 0.6) is 0 Å². The van der Waals surface area contributed by atoms with Gasteiger partial charge >= 0.3 is 0 Å². The molecule has 0 N–H and O–H groups in total. The van der Waals surface area contributed by atoms with Crippen molar-refractivity contribution < 1.29 is 4.79 Å². The number of hydrogen-bond donors (Lipinski definition) is 0. The van der Waals surface area contributed by atoms with Gasteiger partial charge in [0, 0.05) is 5.92 Å². The van der Waals surface area contributed by atoms with Crippen LogP contribution in [-0.4, -0.2) is 6.29 Å². The quantitative estimate of drug-likeness (QED) is 0.480. The Morgan fingerprint density at radius 1 is 1.43 bits per heavy atom. The second-order valence-electron chi connectivity index (χ2n) is 4.34. The first kappa shape index (κ1) is 11.2. The van der Waals surface area contributed by atoms with Gasteiger partial charge in [-0.3, -0.25) is 0 Å². The smallest absolute Gasteiger partial charge is 0.127 e. The van der Waals surface area contributed by atoms with Crippen molar-refractivity contribution in [1.82, 2.24) is 0 Å². The maximum atomic E-state index is 10.4. The zero-order valence-corrected chi connectivity index (χ0v) is 9.34. The van der Waals surface area contributed by atoms with Gasteiger partial charge in [0.1, 0.15) is 6.29 Å². The van der Waals surface area contributed by atoms with E-state index in [2.05, 4.69) is 32.9 Å². The van der Waals surface area contributed by atoms with E-state index in [9.17, 15) is 4.79 Å². The predicted octanol–water partition coefficient (Wildman–Crippen LogP) is 3.47. The zero-order valence-electron chi connectivity index (χ0n) is 9.34. The number of hydrogen-bond acceptors (Lipinski definition) is 1. The minimum absolute atomic E-state index is 0.471. The van der Waals surface area contributed by atoms with Crippen LogP contribution in [0.15, 0.2) is 23.3 Å². The lowest BCUT2D eigenvalue weighted by molar-refractivity contribution is -0.105. The molecule has 1 fully saturated rings. The molecule has 0 spiro atoms. The highest BCUT2D eigenvalue weighted by Crippen LogP contribution is 2.40. The summed E-state index contributed by atoms with van der Waals surface area (Å²) in [4.78, 5) is 10.4. The first-order chi connectivity index (χ1) is 6.63. The van der Waals surface area contributed by atoms with Gasteiger partial charge in [-0.25, -0.2) is 0 Å². The van der Waals surface area contributed by atoms with Gasteiger partial charge in [-0.1, -0.05) is 23.3 Å². The molecule has 1 atom stereocenters. The normalized spacial score (nSPS) is 21.9. The van der Waals surface area contributed by atoms with E-state index in [0.717, 1.165) is 31.5 Å². The molecule has 77 valence electrons. The van der Waals surface area contributed by atoms with Crippen molar-refractivity contribution in [2.45, 2.75) is 40.0 Å². The molecule has 1 radical (unpaired) electrons. The van der Waals surface area contributed by atoms with Crippen LogP contribution in [0, 0.1) is 11.8 Å². The molecule has 1 nitrogen and oxygen atoms in total. The summed E-state index contributed by atoms with van der Waals surface area (Å²) in [5.74, 6) is 1.53. The lowest BCUT2D eigenvalue weighted by Gasteiger charge is -1.97. The lowest BCUT2D eigenvalue weighted by atomic mass is 10.1. The Bertz CT molecular complexity index is 256. The van der Waals surface area contributed by atoms with Crippen LogP contribution in [0.2, 0.25) is 0 Å². The summed E-state index contributed by atoms with van der Waals surface area (Å²) in [5.41, 5.74) is 2.79. The predicted molar refractivity (Wildman–Crippen MR) is 59.8 cm³/mol.